The van der Waals surface area contributed by atoms with E-state index in [1.165, 1.54) is 0 Å². The van der Waals surface area contributed by atoms with Crippen LogP contribution in [0, 0.1) is 0 Å². The second-order valence-corrected chi connectivity index (χ2v) is 4.84. The van der Waals surface area contributed by atoms with Crippen molar-refractivity contribution in [3.63, 3.8) is 0 Å². The first-order valence-corrected chi connectivity index (χ1v) is 6.40. The number of likely N-dealkylation sites (N-methyl/N-ethyl adjacent to an activating group) is 1. The second-order valence-electron chi connectivity index (χ2n) is 4.84. The van der Waals surface area contributed by atoms with Crippen molar-refractivity contribution >= 4 is 0 Å². The molecular formula is C14H22N2O. The van der Waals surface area contributed by atoms with Crippen LogP contribution in [0.5, 0.6) is 5.75 Å². The summed E-state index contributed by atoms with van der Waals surface area (Å²) in [5.74, 6) is 0.960. The maximum atomic E-state index is 6.11. The van der Waals surface area contributed by atoms with E-state index in [4.69, 9.17) is 10.5 Å². The van der Waals surface area contributed by atoms with E-state index < -0.39 is 0 Å². The van der Waals surface area contributed by atoms with Crippen molar-refractivity contribution in [3.8, 4) is 5.75 Å². The lowest BCUT2D eigenvalue weighted by molar-refractivity contribution is 0.205. The summed E-state index contributed by atoms with van der Waals surface area (Å²) in [5, 5.41) is 0. The third-order valence-electron chi connectivity index (χ3n) is 3.40. The molecule has 2 rings (SSSR count). The van der Waals surface area contributed by atoms with Gasteiger partial charge < -0.3 is 15.4 Å². The average Bonchev–Trinajstić information content (AvgIpc) is 2.74. The molecule has 1 heterocycles. The largest absolute Gasteiger partial charge is 0.489 e. The topological polar surface area (TPSA) is 38.5 Å². The normalized spacial score (nSPS) is 22.6. The Kier molecular flexibility index (Phi) is 4.02. The van der Waals surface area contributed by atoms with Gasteiger partial charge in [-0.25, -0.2) is 0 Å². The van der Waals surface area contributed by atoms with Crippen molar-refractivity contribution in [2.24, 2.45) is 5.73 Å². The molecular weight excluding hydrogens is 212 g/mol. The molecule has 1 aromatic rings. The molecule has 0 spiro atoms. The maximum Gasteiger partial charge on any atom is 0.124 e. The first kappa shape index (κ1) is 12.4. The standard InChI is InChI=1S/C14H22N2O/c1-3-13(15)12-6-4-5-7-14(12)17-11-8-9-16(2)10-11/h4-7,11,13H,3,8-10,15H2,1-2H3/t11?,13-/m0/s1. The molecule has 1 saturated heterocycles. The summed E-state index contributed by atoms with van der Waals surface area (Å²) in [4.78, 5) is 2.30. The van der Waals surface area contributed by atoms with Gasteiger partial charge in [0.05, 0.1) is 0 Å². The first-order chi connectivity index (χ1) is 8.20. The highest BCUT2D eigenvalue weighted by Gasteiger charge is 2.22. The molecule has 3 nitrogen and oxygen atoms in total. The summed E-state index contributed by atoms with van der Waals surface area (Å²) in [6.45, 7) is 4.23. The van der Waals surface area contributed by atoms with Crippen molar-refractivity contribution in [1.29, 1.82) is 0 Å². The van der Waals surface area contributed by atoms with Gasteiger partial charge in [0, 0.05) is 24.7 Å². The number of nitrogens with two attached hydrogens (primary N) is 1. The average molecular weight is 234 g/mol. The Balaban J connectivity index is 2.09. The number of hydrogen-bond acceptors (Lipinski definition) is 3. The predicted octanol–water partition coefficient (Wildman–Crippen LogP) is 2.18. The van der Waals surface area contributed by atoms with Crippen LogP contribution in [-0.2, 0) is 0 Å². The third kappa shape index (κ3) is 2.99. The lowest BCUT2D eigenvalue weighted by Gasteiger charge is -2.19. The maximum absolute atomic E-state index is 6.11. The predicted molar refractivity (Wildman–Crippen MR) is 70.2 cm³/mol. The van der Waals surface area contributed by atoms with E-state index in [0.717, 1.165) is 37.2 Å². The third-order valence-corrected chi connectivity index (χ3v) is 3.40. The minimum absolute atomic E-state index is 0.0744. The van der Waals surface area contributed by atoms with Crippen LogP contribution in [0.25, 0.3) is 0 Å². The monoisotopic (exact) mass is 234 g/mol. The fourth-order valence-electron chi connectivity index (χ4n) is 2.28. The van der Waals surface area contributed by atoms with Gasteiger partial charge in [-0.3, -0.25) is 0 Å². The van der Waals surface area contributed by atoms with E-state index >= 15 is 0 Å². The molecule has 2 atom stereocenters. The van der Waals surface area contributed by atoms with Gasteiger partial charge in [-0.2, -0.15) is 0 Å². The lowest BCUT2D eigenvalue weighted by atomic mass is 10.0. The molecule has 94 valence electrons. The van der Waals surface area contributed by atoms with E-state index in [0.29, 0.717) is 6.10 Å². The van der Waals surface area contributed by atoms with Crippen LogP contribution in [0.15, 0.2) is 24.3 Å². The van der Waals surface area contributed by atoms with E-state index in [2.05, 4.69) is 24.9 Å². The first-order valence-electron chi connectivity index (χ1n) is 6.40. The second kappa shape index (κ2) is 5.52. The quantitative estimate of drug-likeness (QED) is 0.868. The van der Waals surface area contributed by atoms with Crippen LogP contribution in [0.2, 0.25) is 0 Å². The molecule has 0 bridgehead atoms. The van der Waals surface area contributed by atoms with E-state index in [9.17, 15) is 0 Å². The molecule has 3 heteroatoms. The molecule has 0 aromatic heterocycles. The number of para-hydroxylation sites is 1. The zero-order chi connectivity index (χ0) is 12.3. The molecule has 1 aliphatic rings. The SMILES string of the molecule is CC[C@H](N)c1ccccc1OC1CCN(C)C1. The summed E-state index contributed by atoms with van der Waals surface area (Å²) in [6, 6.07) is 8.22. The summed E-state index contributed by atoms with van der Waals surface area (Å²) in [6.07, 6.45) is 2.35. The van der Waals surface area contributed by atoms with Crippen LogP contribution in [-0.4, -0.2) is 31.1 Å². The fraction of sp³-hybridized carbons (Fsp3) is 0.571. The van der Waals surface area contributed by atoms with Crippen molar-refractivity contribution in [1.82, 2.24) is 4.90 Å². The molecule has 1 aromatic carbocycles. The van der Waals surface area contributed by atoms with Crippen LogP contribution in [0.3, 0.4) is 0 Å². The highest BCUT2D eigenvalue weighted by molar-refractivity contribution is 5.35. The molecule has 0 amide bonds. The van der Waals surface area contributed by atoms with Crippen LogP contribution in [0.1, 0.15) is 31.4 Å². The number of nitrogens with zero attached hydrogens (tertiary/aromatic N) is 1. The molecule has 1 fully saturated rings. The number of ether oxygens (including phenoxy) is 1. The van der Waals surface area contributed by atoms with E-state index in [1.807, 2.05) is 18.2 Å². The summed E-state index contributed by atoms with van der Waals surface area (Å²) < 4.78 is 6.08. The van der Waals surface area contributed by atoms with Gasteiger partial charge in [0.1, 0.15) is 11.9 Å². The smallest absolute Gasteiger partial charge is 0.124 e. The number of likely N-dealkylation sites (tertiary alicyclic amines) is 1. The minimum Gasteiger partial charge on any atom is -0.489 e. The number of hydrogen-bond donors (Lipinski definition) is 1. The van der Waals surface area contributed by atoms with Gasteiger partial charge in [-0.1, -0.05) is 25.1 Å². The van der Waals surface area contributed by atoms with Gasteiger partial charge in [0.2, 0.25) is 0 Å². The highest BCUT2D eigenvalue weighted by Crippen LogP contribution is 2.27. The van der Waals surface area contributed by atoms with Gasteiger partial charge in [-0.15, -0.1) is 0 Å². The fourth-order valence-corrected chi connectivity index (χ4v) is 2.28. The van der Waals surface area contributed by atoms with E-state index in [1.54, 1.807) is 0 Å². The van der Waals surface area contributed by atoms with Gasteiger partial charge >= 0.3 is 0 Å². The number of benzene rings is 1. The van der Waals surface area contributed by atoms with Gasteiger partial charge in [-0.05, 0) is 26.0 Å². The van der Waals surface area contributed by atoms with Crippen LogP contribution in [0.4, 0.5) is 0 Å². The zero-order valence-electron chi connectivity index (χ0n) is 10.7. The Bertz CT molecular complexity index is 367. The Hall–Kier alpha value is -1.06. The Morgan fingerprint density at radius 1 is 1.47 bits per heavy atom. The Labute approximate surface area is 104 Å². The van der Waals surface area contributed by atoms with Gasteiger partial charge in [0.25, 0.3) is 0 Å². The molecule has 2 N–H and O–H groups in total. The molecule has 0 radical (unpaired) electrons. The highest BCUT2D eigenvalue weighted by atomic mass is 16.5. The van der Waals surface area contributed by atoms with Crippen molar-refractivity contribution in [3.05, 3.63) is 29.8 Å². The Morgan fingerprint density at radius 3 is 2.88 bits per heavy atom. The molecule has 0 saturated carbocycles. The molecule has 17 heavy (non-hydrogen) atoms. The molecule has 0 aliphatic carbocycles. The van der Waals surface area contributed by atoms with Crippen molar-refractivity contribution in [2.75, 3.05) is 20.1 Å². The minimum atomic E-state index is 0.0744. The molecule has 1 aliphatic heterocycles. The van der Waals surface area contributed by atoms with Crippen molar-refractivity contribution < 1.29 is 4.74 Å². The van der Waals surface area contributed by atoms with Crippen LogP contribution >= 0.6 is 0 Å². The Morgan fingerprint density at radius 2 is 2.24 bits per heavy atom. The van der Waals surface area contributed by atoms with Crippen molar-refractivity contribution in [2.45, 2.75) is 31.9 Å². The summed E-state index contributed by atoms with van der Waals surface area (Å²) >= 11 is 0. The summed E-state index contributed by atoms with van der Waals surface area (Å²) in [7, 11) is 2.13. The zero-order valence-corrected chi connectivity index (χ0v) is 10.7. The van der Waals surface area contributed by atoms with Gasteiger partial charge in [0.15, 0.2) is 0 Å². The lowest BCUT2D eigenvalue weighted by Crippen LogP contribution is -2.22. The number of rotatable bonds is 4. The molecule has 1 unspecified atom stereocenters. The van der Waals surface area contributed by atoms with Crippen LogP contribution < -0.4 is 10.5 Å². The van der Waals surface area contributed by atoms with E-state index in [-0.39, 0.29) is 6.04 Å². The summed E-state index contributed by atoms with van der Waals surface area (Å²) in [5.41, 5.74) is 7.24.